The lowest BCUT2D eigenvalue weighted by Crippen LogP contribution is -2.77. The van der Waals surface area contributed by atoms with Crippen LogP contribution in [0.3, 0.4) is 0 Å². The third-order valence-electron chi connectivity index (χ3n) is 9.20. The molecule has 188 valence electrons. The number of hydrogen-bond donors (Lipinski definition) is 2. The van der Waals surface area contributed by atoms with E-state index in [-0.39, 0.29) is 29.8 Å². The summed E-state index contributed by atoms with van der Waals surface area (Å²) in [6, 6.07) is 11.4. The van der Waals surface area contributed by atoms with Crippen molar-refractivity contribution in [1.82, 2.24) is 9.80 Å². The van der Waals surface area contributed by atoms with Crippen molar-refractivity contribution in [2.24, 2.45) is 0 Å². The van der Waals surface area contributed by atoms with E-state index >= 15 is 0 Å². The molecule has 2 fully saturated rings. The number of rotatable bonds is 5. The van der Waals surface area contributed by atoms with Crippen molar-refractivity contribution in [3.05, 3.63) is 77.4 Å². The third-order valence-corrected chi connectivity index (χ3v) is 9.20. The second-order valence-electron chi connectivity index (χ2n) is 11.0. The fourth-order valence-corrected chi connectivity index (χ4v) is 7.55. The standard InChI is InChI=1S/C30H34N2O4/c1-4-13-32-14-12-29-25-17-22(31(3)26(34)11-8-20-7-5-6-19(2)15-20)18-30(29,35)24(32)16-21-9-10-23(33)28(36-25)27(21)29/h4-11,15,22,24-25,33,35H,1,12-14,16-18H2,2-3H3/t22-,24+,25-,29+,30+/m0/s1. The molecule has 0 aromatic heterocycles. The van der Waals surface area contributed by atoms with Crippen LogP contribution in [-0.2, 0) is 16.6 Å². The number of phenols is 1. The maximum atomic E-state index is 13.2. The molecule has 1 spiro atoms. The largest absolute Gasteiger partial charge is 0.504 e. The quantitative estimate of drug-likeness (QED) is 0.499. The van der Waals surface area contributed by atoms with Crippen LogP contribution in [0.4, 0.5) is 0 Å². The van der Waals surface area contributed by atoms with Crippen LogP contribution >= 0.6 is 0 Å². The Bertz CT molecular complexity index is 1270. The molecule has 2 aliphatic carbocycles. The van der Waals surface area contributed by atoms with Gasteiger partial charge in [0.2, 0.25) is 5.91 Å². The Kier molecular flexibility index (Phi) is 5.32. The number of carbonyl (C=O) groups is 1. The minimum absolute atomic E-state index is 0.0935. The van der Waals surface area contributed by atoms with Crippen molar-refractivity contribution in [2.45, 2.75) is 61.8 Å². The average Bonchev–Trinajstić information content (AvgIpc) is 3.19. The molecule has 2 aliphatic heterocycles. The van der Waals surface area contributed by atoms with Crippen LogP contribution in [0.5, 0.6) is 11.5 Å². The van der Waals surface area contributed by atoms with Crippen molar-refractivity contribution in [2.75, 3.05) is 20.1 Å². The first-order valence-electron chi connectivity index (χ1n) is 12.9. The number of aliphatic hydroxyl groups is 1. The second kappa shape index (κ2) is 8.22. The Labute approximate surface area is 212 Å². The molecule has 2 heterocycles. The topological polar surface area (TPSA) is 73.2 Å². The van der Waals surface area contributed by atoms with Crippen LogP contribution < -0.4 is 4.74 Å². The number of phenolic OH excluding ortho intramolecular Hbond substituents is 1. The van der Waals surface area contributed by atoms with Crippen molar-refractivity contribution >= 4 is 12.0 Å². The third kappa shape index (κ3) is 3.14. The summed E-state index contributed by atoms with van der Waals surface area (Å²) >= 11 is 0. The van der Waals surface area contributed by atoms with Crippen molar-refractivity contribution in [1.29, 1.82) is 0 Å². The Balaban J connectivity index is 1.35. The molecular weight excluding hydrogens is 452 g/mol. The molecule has 0 radical (unpaired) electrons. The van der Waals surface area contributed by atoms with Crippen molar-refractivity contribution < 1.29 is 19.7 Å². The molecule has 4 aliphatic rings. The van der Waals surface area contributed by atoms with Gasteiger partial charge in [-0.3, -0.25) is 9.69 Å². The minimum Gasteiger partial charge on any atom is -0.504 e. The van der Waals surface area contributed by atoms with E-state index in [1.807, 2.05) is 56.5 Å². The molecule has 1 saturated heterocycles. The van der Waals surface area contributed by atoms with E-state index in [0.717, 1.165) is 35.2 Å². The monoisotopic (exact) mass is 486 g/mol. The SMILES string of the molecule is C=CCN1CC[C@]23c4c5ccc(O)c4O[C@H]2C[C@H](N(C)C(=O)C=Cc2cccc(C)c2)C[C@@]3(O)[C@H]1C5. The number of amides is 1. The van der Waals surface area contributed by atoms with Gasteiger partial charge in [0.25, 0.3) is 0 Å². The number of ether oxygens (including phenoxy) is 1. The van der Waals surface area contributed by atoms with Gasteiger partial charge in [0, 0.05) is 43.7 Å². The van der Waals surface area contributed by atoms with E-state index in [1.54, 1.807) is 17.0 Å². The van der Waals surface area contributed by atoms with Crippen molar-refractivity contribution in [3.63, 3.8) is 0 Å². The summed E-state index contributed by atoms with van der Waals surface area (Å²) in [4.78, 5) is 17.3. The summed E-state index contributed by atoms with van der Waals surface area (Å²) < 4.78 is 6.47. The molecule has 1 saturated carbocycles. The first-order chi connectivity index (χ1) is 17.3. The molecule has 2 aromatic carbocycles. The summed E-state index contributed by atoms with van der Waals surface area (Å²) in [6.45, 7) is 7.51. The van der Waals surface area contributed by atoms with E-state index in [2.05, 4.69) is 11.5 Å². The Hall–Kier alpha value is -3.09. The zero-order valence-corrected chi connectivity index (χ0v) is 21.0. The summed E-state index contributed by atoms with van der Waals surface area (Å²) in [6.07, 6.45) is 7.58. The highest BCUT2D eigenvalue weighted by Crippen LogP contribution is 2.65. The number of aryl methyl sites for hydroxylation is 1. The summed E-state index contributed by atoms with van der Waals surface area (Å²) in [5.41, 5.74) is 2.62. The second-order valence-corrected chi connectivity index (χ2v) is 11.0. The predicted octanol–water partition coefficient (Wildman–Crippen LogP) is 3.58. The summed E-state index contributed by atoms with van der Waals surface area (Å²) in [5.74, 6) is 0.568. The zero-order chi connectivity index (χ0) is 25.2. The van der Waals surface area contributed by atoms with Gasteiger partial charge < -0.3 is 19.8 Å². The van der Waals surface area contributed by atoms with E-state index in [9.17, 15) is 15.0 Å². The van der Waals surface area contributed by atoms with Gasteiger partial charge in [-0.05, 0) is 56.0 Å². The molecule has 6 nitrogen and oxygen atoms in total. The first-order valence-corrected chi connectivity index (χ1v) is 12.9. The van der Waals surface area contributed by atoms with Crippen LogP contribution in [0.2, 0.25) is 0 Å². The number of piperidine rings is 1. The van der Waals surface area contributed by atoms with Crippen LogP contribution in [0.1, 0.15) is 41.5 Å². The molecule has 2 aromatic rings. The number of carbonyl (C=O) groups excluding carboxylic acids is 1. The Morgan fingerprint density at radius 1 is 1.33 bits per heavy atom. The number of benzene rings is 2. The van der Waals surface area contributed by atoms with Gasteiger partial charge in [-0.15, -0.1) is 6.58 Å². The normalized spacial score (nSPS) is 32.1. The van der Waals surface area contributed by atoms with Gasteiger partial charge in [0.1, 0.15) is 6.10 Å². The Morgan fingerprint density at radius 3 is 2.94 bits per heavy atom. The molecule has 5 atom stereocenters. The summed E-state index contributed by atoms with van der Waals surface area (Å²) in [7, 11) is 1.82. The lowest BCUT2D eigenvalue weighted by atomic mass is 9.48. The average molecular weight is 487 g/mol. The van der Waals surface area contributed by atoms with Crippen LogP contribution in [0.15, 0.2) is 55.1 Å². The van der Waals surface area contributed by atoms with E-state index in [4.69, 9.17) is 4.74 Å². The smallest absolute Gasteiger partial charge is 0.246 e. The Morgan fingerprint density at radius 2 is 2.17 bits per heavy atom. The maximum absolute atomic E-state index is 13.2. The molecule has 6 heteroatoms. The molecular formula is C30H34N2O4. The lowest BCUT2D eigenvalue weighted by Gasteiger charge is -2.64. The molecule has 36 heavy (non-hydrogen) atoms. The number of likely N-dealkylation sites (tertiary alicyclic amines) is 1. The zero-order valence-electron chi connectivity index (χ0n) is 21.0. The van der Waals surface area contributed by atoms with Gasteiger partial charge in [-0.2, -0.15) is 0 Å². The molecule has 2 N–H and O–H groups in total. The number of likely N-dealkylation sites (N-methyl/N-ethyl adjacent to an activating group) is 1. The molecule has 1 amide bonds. The molecule has 6 rings (SSSR count). The van der Waals surface area contributed by atoms with E-state index in [0.29, 0.717) is 31.6 Å². The highest BCUT2D eigenvalue weighted by atomic mass is 16.5. The predicted molar refractivity (Wildman–Crippen MR) is 139 cm³/mol. The maximum Gasteiger partial charge on any atom is 0.246 e. The minimum atomic E-state index is -1.08. The first kappa shape index (κ1) is 23.3. The van der Waals surface area contributed by atoms with Gasteiger partial charge in [0.15, 0.2) is 11.5 Å². The van der Waals surface area contributed by atoms with Crippen LogP contribution in [-0.4, -0.2) is 69.8 Å². The van der Waals surface area contributed by atoms with Crippen molar-refractivity contribution in [3.8, 4) is 11.5 Å². The highest BCUT2D eigenvalue weighted by molar-refractivity contribution is 5.91. The fourth-order valence-electron chi connectivity index (χ4n) is 7.55. The number of aromatic hydroxyl groups is 1. The lowest BCUT2D eigenvalue weighted by molar-refractivity contribution is -0.196. The number of hydrogen-bond acceptors (Lipinski definition) is 5. The van der Waals surface area contributed by atoms with Gasteiger partial charge in [0.05, 0.1) is 11.0 Å². The van der Waals surface area contributed by atoms with E-state index in [1.165, 1.54) is 0 Å². The molecule has 2 bridgehead atoms. The van der Waals surface area contributed by atoms with Gasteiger partial charge in [-0.1, -0.05) is 42.0 Å². The van der Waals surface area contributed by atoms with Crippen LogP contribution in [0.25, 0.3) is 6.08 Å². The summed E-state index contributed by atoms with van der Waals surface area (Å²) in [5, 5.41) is 23.3. The molecule has 0 unspecified atom stereocenters. The fraction of sp³-hybridized carbons (Fsp3) is 0.433. The van der Waals surface area contributed by atoms with Gasteiger partial charge >= 0.3 is 0 Å². The van der Waals surface area contributed by atoms with Crippen LogP contribution in [0, 0.1) is 6.92 Å². The number of nitrogens with zero attached hydrogens (tertiary/aromatic N) is 2. The van der Waals surface area contributed by atoms with Gasteiger partial charge in [-0.25, -0.2) is 0 Å². The highest BCUT2D eigenvalue weighted by Gasteiger charge is 2.72. The van der Waals surface area contributed by atoms with E-state index < -0.39 is 11.0 Å².